The van der Waals surface area contributed by atoms with E-state index in [2.05, 4.69) is 0 Å². The van der Waals surface area contributed by atoms with Gasteiger partial charge >= 0.3 is 0 Å². The van der Waals surface area contributed by atoms with Gasteiger partial charge in [-0.05, 0) is 25.8 Å². The minimum Gasteiger partial charge on any atom is -0.383 e. The highest BCUT2D eigenvalue weighted by molar-refractivity contribution is 7.86. The lowest BCUT2D eigenvalue weighted by atomic mass is 10.4. The summed E-state index contributed by atoms with van der Waals surface area (Å²) in [7, 11) is -0.168. The molecule has 0 aromatic rings. The highest BCUT2D eigenvalue weighted by Crippen LogP contribution is 2.29. The highest BCUT2D eigenvalue weighted by atomic mass is 32.2. The zero-order chi connectivity index (χ0) is 12.9. The normalized spacial score (nSPS) is 17.0. The highest BCUT2D eigenvalue weighted by Gasteiger charge is 2.38. The molecule has 0 spiro atoms. The van der Waals surface area contributed by atoms with E-state index in [1.807, 2.05) is 0 Å². The van der Waals surface area contributed by atoms with E-state index in [-0.39, 0.29) is 6.04 Å². The summed E-state index contributed by atoms with van der Waals surface area (Å²) in [5, 5.41) is 0. The van der Waals surface area contributed by atoms with Crippen molar-refractivity contribution >= 4 is 10.2 Å². The summed E-state index contributed by atoms with van der Waals surface area (Å²) in [5.74, 6) is 0. The predicted octanol–water partition coefficient (Wildman–Crippen LogP) is -0.377. The van der Waals surface area contributed by atoms with E-state index in [4.69, 9.17) is 10.5 Å². The minimum absolute atomic E-state index is 0.162. The third kappa shape index (κ3) is 4.18. The largest absolute Gasteiger partial charge is 0.383 e. The molecule has 0 unspecified atom stereocenters. The average molecular weight is 265 g/mol. The van der Waals surface area contributed by atoms with Gasteiger partial charge in [0.05, 0.1) is 6.61 Å². The van der Waals surface area contributed by atoms with Gasteiger partial charge in [0.25, 0.3) is 10.2 Å². The van der Waals surface area contributed by atoms with E-state index in [0.717, 1.165) is 12.8 Å². The zero-order valence-corrected chi connectivity index (χ0v) is 11.4. The third-order valence-electron chi connectivity index (χ3n) is 2.84. The maximum atomic E-state index is 12.3. The minimum atomic E-state index is -3.35. The Bertz CT molecular complexity index is 317. The fourth-order valence-electron chi connectivity index (χ4n) is 1.64. The number of ether oxygens (including phenoxy) is 1. The number of rotatable bonds is 9. The van der Waals surface area contributed by atoms with Crippen LogP contribution in [0.4, 0.5) is 0 Å². The second-order valence-electron chi connectivity index (χ2n) is 4.31. The molecule has 0 aromatic heterocycles. The van der Waals surface area contributed by atoms with Gasteiger partial charge in [-0.3, -0.25) is 0 Å². The number of methoxy groups -OCH3 is 1. The monoisotopic (exact) mass is 265 g/mol. The van der Waals surface area contributed by atoms with Gasteiger partial charge in [-0.15, -0.1) is 0 Å². The van der Waals surface area contributed by atoms with Crippen LogP contribution in [0.25, 0.3) is 0 Å². The summed E-state index contributed by atoms with van der Waals surface area (Å²) in [6.45, 7) is 1.83. The van der Waals surface area contributed by atoms with Crippen LogP contribution in [0.15, 0.2) is 0 Å². The third-order valence-corrected chi connectivity index (χ3v) is 4.88. The van der Waals surface area contributed by atoms with Crippen LogP contribution in [-0.4, -0.2) is 63.5 Å². The Hall–Kier alpha value is -0.210. The van der Waals surface area contributed by atoms with Crippen LogP contribution in [0.5, 0.6) is 0 Å². The lowest BCUT2D eigenvalue weighted by Gasteiger charge is -2.27. The SMILES string of the molecule is COCCN(C1CC1)S(=O)(=O)N(C)CCCN. The Labute approximate surface area is 104 Å². The maximum absolute atomic E-state index is 12.3. The van der Waals surface area contributed by atoms with Gasteiger partial charge in [0.2, 0.25) is 0 Å². The fourth-order valence-corrected chi connectivity index (χ4v) is 3.25. The van der Waals surface area contributed by atoms with Gasteiger partial charge in [0, 0.05) is 33.3 Å². The lowest BCUT2D eigenvalue weighted by Crippen LogP contribution is -2.45. The maximum Gasteiger partial charge on any atom is 0.282 e. The Morgan fingerprint density at radius 1 is 1.35 bits per heavy atom. The van der Waals surface area contributed by atoms with Gasteiger partial charge in [-0.1, -0.05) is 0 Å². The second-order valence-corrected chi connectivity index (χ2v) is 6.29. The van der Waals surface area contributed by atoms with Gasteiger partial charge in [0.1, 0.15) is 0 Å². The predicted molar refractivity (Wildman–Crippen MR) is 66.8 cm³/mol. The summed E-state index contributed by atoms with van der Waals surface area (Å²) in [5.41, 5.74) is 5.39. The van der Waals surface area contributed by atoms with Crippen molar-refractivity contribution < 1.29 is 13.2 Å². The molecule has 6 nitrogen and oxygen atoms in total. The van der Waals surface area contributed by atoms with E-state index in [1.165, 1.54) is 4.31 Å². The van der Waals surface area contributed by atoms with Crippen LogP contribution in [0.2, 0.25) is 0 Å². The lowest BCUT2D eigenvalue weighted by molar-refractivity contribution is 0.174. The molecule has 1 rings (SSSR count). The van der Waals surface area contributed by atoms with Crippen molar-refractivity contribution in [1.82, 2.24) is 8.61 Å². The average Bonchev–Trinajstić information content (AvgIpc) is 3.10. The summed E-state index contributed by atoms with van der Waals surface area (Å²) in [6.07, 6.45) is 2.58. The first kappa shape index (κ1) is 14.8. The van der Waals surface area contributed by atoms with Gasteiger partial charge in [0.15, 0.2) is 0 Å². The molecule has 0 heterocycles. The summed E-state index contributed by atoms with van der Waals surface area (Å²) >= 11 is 0. The Morgan fingerprint density at radius 2 is 2.00 bits per heavy atom. The van der Waals surface area contributed by atoms with Crippen LogP contribution < -0.4 is 5.73 Å². The fraction of sp³-hybridized carbons (Fsp3) is 1.00. The van der Waals surface area contributed by atoms with Gasteiger partial charge in [-0.2, -0.15) is 17.0 Å². The summed E-state index contributed by atoms with van der Waals surface area (Å²) < 4.78 is 32.5. The van der Waals surface area contributed by atoms with Crippen LogP contribution in [0.1, 0.15) is 19.3 Å². The number of nitrogens with zero attached hydrogens (tertiary/aromatic N) is 2. The van der Waals surface area contributed by atoms with E-state index in [0.29, 0.717) is 32.7 Å². The quantitative estimate of drug-likeness (QED) is 0.617. The summed E-state index contributed by atoms with van der Waals surface area (Å²) in [4.78, 5) is 0. The summed E-state index contributed by atoms with van der Waals surface area (Å²) in [6, 6.07) is 0.162. The number of hydrogen-bond donors (Lipinski definition) is 1. The Morgan fingerprint density at radius 3 is 2.47 bits per heavy atom. The molecule has 1 aliphatic carbocycles. The first-order valence-electron chi connectivity index (χ1n) is 5.96. The zero-order valence-electron chi connectivity index (χ0n) is 10.6. The van der Waals surface area contributed by atoms with Crippen LogP contribution in [0, 0.1) is 0 Å². The molecule has 0 saturated heterocycles. The first-order valence-corrected chi connectivity index (χ1v) is 7.35. The molecule has 0 bridgehead atoms. The number of hydrogen-bond acceptors (Lipinski definition) is 4. The van der Waals surface area contributed by atoms with E-state index in [9.17, 15) is 8.42 Å². The van der Waals surface area contributed by atoms with Crippen molar-refractivity contribution in [2.45, 2.75) is 25.3 Å². The van der Waals surface area contributed by atoms with Gasteiger partial charge in [-0.25, -0.2) is 0 Å². The van der Waals surface area contributed by atoms with Crippen molar-refractivity contribution in [3.8, 4) is 0 Å². The molecule has 0 atom stereocenters. The van der Waals surface area contributed by atoms with Crippen molar-refractivity contribution in [3.05, 3.63) is 0 Å². The molecule has 0 aromatic carbocycles. The topological polar surface area (TPSA) is 75.9 Å². The first-order chi connectivity index (χ1) is 8.04. The van der Waals surface area contributed by atoms with E-state index in [1.54, 1.807) is 18.5 Å². The van der Waals surface area contributed by atoms with E-state index >= 15 is 0 Å². The molecule has 1 aliphatic rings. The van der Waals surface area contributed by atoms with Gasteiger partial charge < -0.3 is 10.5 Å². The molecule has 7 heteroatoms. The molecule has 1 fully saturated rings. The molecule has 0 amide bonds. The van der Waals surface area contributed by atoms with Crippen molar-refractivity contribution in [2.24, 2.45) is 5.73 Å². The van der Waals surface area contributed by atoms with Crippen molar-refractivity contribution in [3.63, 3.8) is 0 Å². The van der Waals surface area contributed by atoms with Crippen LogP contribution in [-0.2, 0) is 14.9 Å². The standard InChI is InChI=1S/C10H23N3O3S/c1-12(7-3-6-11)17(14,15)13(8-9-16-2)10-4-5-10/h10H,3-9,11H2,1-2H3. The van der Waals surface area contributed by atoms with Crippen LogP contribution in [0.3, 0.4) is 0 Å². The molecule has 1 saturated carbocycles. The Kier molecular flexibility index (Phi) is 5.81. The molecular weight excluding hydrogens is 242 g/mol. The Balaban J connectivity index is 2.62. The second kappa shape index (κ2) is 6.65. The smallest absolute Gasteiger partial charge is 0.282 e. The molecule has 17 heavy (non-hydrogen) atoms. The molecule has 0 radical (unpaired) electrons. The molecular formula is C10H23N3O3S. The molecule has 0 aliphatic heterocycles. The van der Waals surface area contributed by atoms with Crippen LogP contribution >= 0.6 is 0 Å². The molecule has 2 N–H and O–H groups in total. The number of nitrogens with two attached hydrogens (primary N) is 1. The van der Waals surface area contributed by atoms with Crippen molar-refractivity contribution in [2.75, 3.05) is 40.4 Å². The van der Waals surface area contributed by atoms with Crippen molar-refractivity contribution in [1.29, 1.82) is 0 Å². The van der Waals surface area contributed by atoms with E-state index < -0.39 is 10.2 Å². The molecule has 102 valence electrons.